The lowest BCUT2D eigenvalue weighted by Crippen LogP contribution is -2.41. The highest BCUT2D eigenvalue weighted by atomic mass is 35.5. The average molecular weight is 447 g/mol. The van der Waals surface area contributed by atoms with Gasteiger partial charge in [0.05, 0.1) is 5.52 Å². The van der Waals surface area contributed by atoms with Gasteiger partial charge in [0.25, 0.3) is 5.56 Å². The van der Waals surface area contributed by atoms with E-state index in [4.69, 9.17) is 11.6 Å². The molecular weight excluding hydrogens is 426 g/mol. The Morgan fingerprint density at radius 1 is 1.26 bits per heavy atom. The Balaban J connectivity index is 1.71. The fraction of sp³-hybridized carbons (Fsp3) is 0.318. The van der Waals surface area contributed by atoms with Crippen LogP contribution in [0.5, 0.6) is 0 Å². The van der Waals surface area contributed by atoms with Gasteiger partial charge in [0.15, 0.2) is 0 Å². The molecule has 0 saturated heterocycles. The highest BCUT2D eigenvalue weighted by Gasteiger charge is 2.44. The van der Waals surface area contributed by atoms with Gasteiger partial charge in [0.2, 0.25) is 11.9 Å². The molecule has 0 aliphatic heterocycles. The fourth-order valence-electron chi connectivity index (χ4n) is 3.54. The van der Waals surface area contributed by atoms with Crippen molar-refractivity contribution in [2.75, 3.05) is 17.4 Å². The van der Waals surface area contributed by atoms with Gasteiger partial charge in [-0.1, -0.05) is 23.7 Å². The van der Waals surface area contributed by atoms with Crippen molar-refractivity contribution in [1.29, 1.82) is 0 Å². The molecule has 6 nitrogen and oxygen atoms in total. The topological polar surface area (TPSA) is 67.2 Å². The zero-order valence-corrected chi connectivity index (χ0v) is 18.0. The second-order valence-electron chi connectivity index (χ2n) is 8.02. The van der Waals surface area contributed by atoms with Crippen LogP contribution >= 0.6 is 11.6 Å². The van der Waals surface area contributed by atoms with Crippen molar-refractivity contribution in [2.24, 2.45) is 5.92 Å². The number of hydrogen-bond donors (Lipinski definition) is 1. The molecule has 1 heterocycles. The van der Waals surface area contributed by atoms with E-state index in [2.05, 4.69) is 10.4 Å². The number of anilines is 1. The summed E-state index contributed by atoms with van der Waals surface area (Å²) in [7, 11) is 1.68. The molecule has 0 radical (unpaired) electrons. The number of aromatic nitrogens is 2. The van der Waals surface area contributed by atoms with E-state index in [0.29, 0.717) is 17.5 Å². The lowest BCUT2D eigenvalue weighted by atomic mass is 10.1. The quantitative estimate of drug-likeness (QED) is 0.642. The number of nitrogens with zero attached hydrogens (tertiary/aromatic N) is 3. The van der Waals surface area contributed by atoms with Crippen LogP contribution in [0.4, 0.5) is 14.7 Å². The predicted molar refractivity (Wildman–Crippen MR) is 116 cm³/mol. The molecule has 4 rings (SSSR count). The van der Waals surface area contributed by atoms with Crippen LogP contribution in [0.1, 0.15) is 31.7 Å². The standard InChI is InChI=1S/C22H21ClF2N4O2/c1-11(2)28(3)22-26-18-9-14(24)8-17(25)19(18)21(31)29(22)27-20(30)16-10-15(16)12-4-6-13(23)7-5-12/h4-9,11,15-16H,10H2,1-3H3,(H,27,30)/t15-,16?/m1/s1. The van der Waals surface area contributed by atoms with Crippen molar-refractivity contribution in [3.05, 3.63) is 69.0 Å². The molecule has 1 N–H and O–H groups in total. The summed E-state index contributed by atoms with van der Waals surface area (Å²) in [4.78, 5) is 31.9. The van der Waals surface area contributed by atoms with Gasteiger partial charge in [-0.25, -0.2) is 13.8 Å². The molecule has 0 bridgehead atoms. The molecule has 162 valence electrons. The van der Waals surface area contributed by atoms with Gasteiger partial charge < -0.3 is 4.90 Å². The molecule has 1 fully saturated rings. The maximum absolute atomic E-state index is 14.4. The third-order valence-electron chi connectivity index (χ3n) is 5.61. The first-order valence-electron chi connectivity index (χ1n) is 9.88. The summed E-state index contributed by atoms with van der Waals surface area (Å²) in [5.41, 5.74) is 2.66. The number of halogens is 3. The molecule has 1 unspecified atom stereocenters. The number of hydrogen-bond acceptors (Lipinski definition) is 4. The largest absolute Gasteiger partial charge is 0.341 e. The molecule has 31 heavy (non-hydrogen) atoms. The highest BCUT2D eigenvalue weighted by Crippen LogP contribution is 2.47. The van der Waals surface area contributed by atoms with Gasteiger partial charge in [-0.3, -0.25) is 15.0 Å². The molecule has 0 spiro atoms. The fourth-order valence-corrected chi connectivity index (χ4v) is 3.67. The van der Waals surface area contributed by atoms with Gasteiger partial charge in [0.1, 0.15) is 17.0 Å². The number of fused-ring (bicyclic) bond motifs is 1. The maximum Gasteiger partial charge on any atom is 0.284 e. The summed E-state index contributed by atoms with van der Waals surface area (Å²) in [6.45, 7) is 3.73. The predicted octanol–water partition coefficient (Wildman–Crippen LogP) is 4.05. The molecule has 9 heteroatoms. The van der Waals surface area contributed by atoms with Crippen LogP contribution < -0.4 is 15.9 Å². The van der Waals surface area contributed by atoms with Crippen LogP contribution in [0.15, 0.2) is 41.2 Å². The Morgan fingerprint density at radius 2 is 1.94 bits per heavy atom. The number of carbonyl (C=O) groups is 1. The second kappa shape index (κ2) is 7.92. The maximum atomic E-state index is 14.4. The van der Waals surface area contributed by atoms with Crippen molar-refractivity contribution in [2.45, 2.75) is 32.2 Å². The van der Waals surface area contributed by atoms with E-state index in [1.165, 1.54) is 0 Å². The Bertz CT molecular complexity index is 1230. The van der Waals surface area contributed by atoms with Crippen molar-refractivity contribution >= 4 is 34.4 Å². The lowest BCUT2D eigenvalue weighted by molar-refractivity contribution is -0.118. The normalized spacial score (nSPS) is 17.8. The highest BCUT2D eigenvalue weighted by molar-refractivity contribution is 6.30. The molecule has 1 aliphatic carbocycles. The summed E-state index contributed by atoms with van der Waals surface area (Å²) in [6, 6.07) is 8.80. The molecular formula is C22H21ClF2N4O2. The molecule has 1 aliphatic rings. The van der Waals surface area contributed by atoms with Crippen LogP contribution in [0, 0.1) is 17.6 Å². The van der Waals surface area contributed by atoms with E-state index in [9.17, 15) is 18.4 Å². The summed E-state index contributed by atoms with van der Waals surface area (Å²) in [5.74, 6) is -2.46. The van der Waals surface area contributed by atoms with Crippen molar-refractivity contribution in [3.8, 4) is 0 Å². The Labute approximate surface area is 182 Å². The van der Waals surface area contributed by atoms with Crippen LogP contribution in [0.2, 0.25) is 5.02 Å². The monoisotopic (exact) mass is 446 g/mol. The third-order valence-corrected chi connectivity index (χ3v) is 5.86. The average Bonchev–Trinajstić information content (AvgIpc) is 3.50. The molecule has 3 aromatic rings. The first-order chi connectivity index (χ1) is 14.7. The van der Waals surface area contributed by atoms with Crippen LogP contribution in [-0.2, 0) is 4.79 Å². The van der Waals surface area contributed by atoms with Crippen LogP contribution in [0.25, 0.3) is 10.9 Å². The minimum absolute atomic E-state index is 0.0125. The third kappa shape index (κ3) is 3.99. The SMILES string of the molecule is CC(C)N(C)c1nc2cc(F)cc(F)c2c(=O)n1NC(=O)C1C[C@@H]1c1ccc(Cl)cc1. The van der Waals surface area contributed by atoms with Gasteiger partial charge >= 0.3 is 0 Å². The summed E-state index contributed by atoms with van der Waals surface area (Å²) >= 11 is 5.92. The van der Waals surface area contributed by atoms with Crippen molar-refractivity contribution in [3.63, 3.8) is 0 Å². The van der Waals surface area contributed by atoms with E-state index < -0.39 is 17.2 Å². The Hall–Kier alpha value is -3.00. The number of carbonyl (C=O) groups excluding carboxylic acids is 1. The van der Waals surface area contributed by atoms with Gasteiger partial charge in [-0.2, -0.15) is 4.68 Å². The minimum atomic E-state index is -1.03. The van der Waals surface area contributed by atoms with E-state index in [-0.39, 0.29) is 40.6 Å². The first-order valence-corrected chi connectivity index (χ1v) is 10.3. The van der Waals surface area contributed by atoms with Crippen molar-refractivity contribution < 1.29 is 13.6 Å². The van der Waals surface area contributed by atoms with Crippen LogP contribution in [-0.4, -0.2) is 28.7 Å². The summed E-state index contributed by atoms with van der Waals surface area (Å²) in [5, 5.41) is 0.228. The van der Waals surface area contributed by atoms with Gasteiger partial charge in [0, 0.05) is 36.2 Å². The molecule has 1 aromatic heterocycles. The zero-order chi connectivity index (χ0) is 22.4. The van der Waals surface area contributed by atoms with Crippen molar-refractivity contribution in [1.82, 2.24) is 9.66 Å². The Morgan fingerprint density at radius 3 is 2.58 bits per heavy atom. The first kappa shape index (κ1) is 21.2. The Kier molecular flexibility index (Phi) is 5.43. The molecule has 1 saturated carbocycles. The molecule has 2 aromatic carbocycles. The van der Waals surface area contributed by atoms with Gasteiger partial charge in [-0.05, 0) is 43.9 Å². The summed E-state index contributed by atoms with van der Waals surface area (Å²) < 4.78 is 29.0. The van der Waals surface area contributed by atoms with E-state index >= 15 is 0 Å². The van der Waals surface area contributed by atoms with Gasteiger partial charge in [-0.15, -0.1) is 0 Å². The lowest BCUT2D eigenvalue weighted by Gasteiger charge is -2.26. The number of rotatable bonds is 5. The number of amides is 1. The van der Waals surface area contributed by atoms with E-state index in [1.807, 2.05) is 26.0 Å². The molecule has 2 atom stereocenters. The number of nitrogens with one attached hydrogen (secondary N) is 1. The zero-order valence-electron chi connectivity index (χ0n) is 17.2. The van der Waals surface area contributed by atoms with Crippen LogP contribution in [0.3, 0.4) is 0 Å². The summed E-state index contributed by atoms with van der Waals surface area (Å²) in [6.07, 6.45) is 0.623. The minimum Gasteiger partial charge on any atom is -0.341 e. The number of benzene rings is 2. The molecule has 1 amide bonds. The van der Waals surface area contributed by atoms with E-state index in [1.54, 1.807) is 24.1 Å². The second-order valence-corrected chi connectivity index (χ2v) is 8.45. The van der Waals surface area contributed by atoms with E-state index in [0.717, 1.165) is 16.3 Å². The smallest absolute Gasteiger partial charge is 0.284 e.